The first-order valence-corrected chi connectivity index (χ1v) is 14.6. The molecule has 4 aliphatic carbocycles. The van der Waals surface area contributed by atoms with E-state index in [-0.39, 0.29) is 12.2 Å². The van der Waals surface area contributed by atoms with E-state index in [1.165, 1.54) is 23.9 Å². The van der Waals surface area contributed by atoms with Crippen molar-refractivity contribution in [1.29, 1.82) is 0 Å². The van der Waals surface area contributed by atoms with Crippen molar-refractivity contribution in [3.63, 3.8) is 0 Å². The summed E-state index contributed by atoms with van der Waals surface area (Å²) in [5.74, 6) is -2.67. The molecule has 0 aliphatic heterocycles. The number of hydrogen-bond donors (Lipinski definition) is 3. The summed E-state index contributed by atoms with van der Waals surface area (Å²) in [6.07, 6.45) is 6.59. The molecular formula is C28H38FNO7S. The molecule has 0 radical (unpaired) electrons. The largest absolute Gasteiger partial charge is 0.456 e. The molecule has 4 rings (SSSR count). The van der Waals surface area contributed by atoms with E-state index in [1.807, 2.05) is 6.26 Å². The summed E-state index contributed by atoms with van der Waals surface area (Å²) in [6, 6.07) is -0.906. The Morgan fingerprint density at radius 3 is 2.71 bits per heavy atom. The van der Waals surface area contributed by atoms with Gasteiger partial charge in [0.05, 0.1) is 6.10 Å². The molecule has 4 aliphatic rings. The topological polar surface area (TPSA) is 130 Å². The number of carbonyl (C=O) groups excluding carboxylic acids is 4. The number of thioether (sulfide) groups is 1. The molecule has 0 aromatic rings. The second-order valence-corrected chi connectivity index (χ2v) is 12.8. The minimum Gasteiger partial charge on any atom is -0.456 e. The quantitative estimate of drug-likeness (QED) is 0.294. The molecule has 0 heterocycles. The molecule has 10 heteroatoms. The van der Waals surface area contributed by atoms with Crippen molar-refractivity contribution in [1.82, 2.24) is 5.32 Å². The maximum Gasteiger partial charge on any atom is 0.329 e. The van der Waals surface area contributed by atoms with Crippen LogP contribution in [0.2, 0.25) is 0 Å². The van der Waals surface area contributed by atoms with E-state index in [0.717, 1.165) is 0 Å². The van der Waals surface area contributed by atoms with Crippen molar-refractivity contribution in [3.8, 4) is 0 Å². The van der Waals surface area contributed by atoms with E-state index in [4.69, 9.17) is 4.74 Å². The van der Waals surface area contributed by atoms with E-state index >= 15 is 4.39 Å². The van der Waals surface area contributed by atoms with Crippen molar-refractivity contribution >= 4 is 35.7 Å². The van der Waals surface area contributed by atoms with Crippen molar-refractivity contribution in [2.24, 2.45) is 28.6 Å². The van der Waals surface area contributed by atoms with Crippen molar-refractivity contribution < 1.29 is 38.5 Å². The minimum absolute atomic E-state index is 0.154. The maximum absolute atomic E-state index is 17.2. The summed E-state index contributed by atoms with van der Waals surface area (Å²) < 4.78 is 22.5. The van der Waals surface area contributed by atoms with Crippen molar-refractivity contribution in [2.75, 3.05) is 18.6 Å². The predicted molar refractivity (Wildman–Crippen MR) is 140 cm³/mol. The van der Waals surface area contributed by atoms with Crippen LogP contribution in [0.3, 0.4) is 0 Å². The molecule has 0 aromatic carbocycles. The molecule has 3 saturated carbocycles. The smallest absolute Gasteiger partial charge is 0.329 e. The Bertz CT molecular complexity index is 1080. The number of rotatable bonds is 9. The highest BCUT2D eigenvalue weighted by Gasteiger charge is 2.75. The fourth-order valence-corrected chi connectivity index (χ4v) is 8.55. The van der Waals surface area contributed by atoms with Crippen LogP contribution >= 0.6 is 11.8 Å². The zero-order valence-electron chi connectivity index (χ0n) is 22.4. The average Bonchev–Trinajstić information content (AvgIpc) is 3.07. The van der Waals surface area contributed by atoms with Crippen LogP contribution in [0.4, 0.5) is 4.39 Å². The van der Waals surface area contributed by atoms with Gasteiger partial charge in [-0.2, -0.15) is 11.8 Å². The molecular weight excluding hydrogens is 513 g/mol. The zero-order valence-corrected chi connectivity index (χ0v) is 23.2. The minimum atomic E-state index is -2.07. The van der Waals surface area contributed by atoms with E-state index in [9.17, 15) is 29.4 Å². The van der Waals surface area contributed by atoms with Gasteiger partial charge in [0, 0.05) is 16.7 Å². The van der Waals surface area contributed by atoms with E-state index in [2.05, 4.69) is 5.32 Å². The van der Waals surface area contributed by atoms with Gasteiger partial charge >= 0.3 is 5.97 Å². The third-order valence-corrected chi connectivity index (χ3v) is 10.8. The first-order chi connectivity index (χ1) is 17.8. The maximum atomic E-state index is 17.2. The number of ketones is 2. The molecule has 0 bridgehead atoms. The predicted octanol–water partition coefficient (Wildman–Crippen LogP) is 2.31. The Morgan fingerprint density at radius 2 is 2.05 bits per heavy atom. The van der Waals surface area contributed by atoms with Gasteiger partial charge in [-0.05, 0) is 75.0 Å². The highest BCUT2D eigenvalue weighted by atomic mass is 32.2. The van der Waals surface area contributed by atoms with Crippen molar-refractivity contribution in [3.05, 3.63) is 23.8 Å². The highest BCUT2D eigenvalue weighted by molar-refractivity contribution is 7.98. The first kappa shape index (κ1) is 29.0. The second kappa shape index (κ2) is 10.2. The van der Waals surface area contributed by atoms with E-state index in [1.54, 1.807) is 26.8 Å². The van der Waals surface area contributed by atoms with Gasteiger partial charge in [0.15, 0.2) is 18.1 Å². The van der Waals surface area contributed by atoms with Gasteiger partial charge in [0.25, 0.3) is 0 Å². The summed E-state index contributed by atoms with van der Waals surface area (Å²) in [5.41, 5.74) is -5.66. The normalized spacial score (nSPS) is 42.3. The van der Waals surface area contributed by atoms with E-state index in [0.29, 0.717) is 43.4 Å². The Labute approximate surface area is 226 Å². The number of amides is 1. The lowest BCUT2D eigenvalue weighted by Crippen LogP contribution is -2.69. The third-order valence-electron chi connectivity index (χ3n) is 10.2. The molecule has 0 saturated heterocycles. The SMILES string of the molecule is CSCCC(NC=O)C(=O)OCC(=O)[C@@]1(O)[C@@H](C)C[C@H]2[C@@H]3CCC4=CC(=O)C=C[C@]4(C)C3(F)[C@@H](O)C[C@@]21C. The van der Waals surface area contributed by atoms with Gasteiger partial charge in [0.2, 0.25) is 12.2 Å². The first-order valence-electron chi connectivity index (χ1n) is 13.2. The van der Waals surface area contributed by atoms with Crippen LogP contribution < -0.4 is 5.32 Å². The van der Waals surface area contributed by atoms with Crippen LogP contribution in [-0.4, -0.2) is 76.2 Å². The standard InChI is InChI=1S/C28H38FNO7S/c1-16-11-20-19-6-5-17-12-18(32)7-9-25(17,2)27(19,29)22(33)13-26(20,3)28(16,36)23(34)14-37-24(35)21(30-15-31)8-10-38-4/h7,9,12,15-16,19-22,33,36H,5-6,8,10-11,13-14H2,1-4H3,(H,30,31)/t16-,19-,20-,21?,22-,25-,26-,27?,28-/m0/s1. The number of aliphatic hydroxyl groups is 2. The van der Waals surface area contributed by atoms with Crippen LogP contribution in [0.1, 0.15) is 52.9 Å². The third kappa shape index (κ3) is 4.01. The molecule has 2 unspecified atom stereocenters. The molecule has 0 aromatic heterocycles. The molecule has 38 heavy (non-hydrogen) atoms. The number of nitrogens with one attached hydrogen (secondary N) is 1. The summed E-state index contributed by atoms with van der Waals surface area (Å²) in [7, 11) is 0. The van der Waals surface area contributed by atoms with E-state index < -0.39 is 70.4 Å². The van der Waals surface area contributed by atoms with Gasteiger partial charge in [-0.3, -0.25) is 14.4 Å². The number of ether oxygens (including phenoxy) is 1. The van der Waals surface area contributed by atoms with Gasteiger partial charge in [-0.15, -0.1) is 0 Å². The second-order valence-electron chi connectivity index (χ2n) is 11.8. The summed E-state index contributed by atoms with van der Waals surface area (Å²) in [6.45, 7) is 4.50. The molecule has 9 atom stereocenters. The molecule has 3 N–H and O–H groups in total. The fraction of sp³-hybridized carbons (Fsp3) is 0.714. The molecule has 210 valence electrons. The Kier molecular flexibility index (Phi) is 7.75. The van der Waals surface area contributed by atoms with Crippen molar-refractivity contribution in [2.45, 2.75) is 76.3 Å². The van der Waals surface area contributed by atoms with Crippen LogP contribution in [0.25, 0.3) is 0 Å². The average molecular weight is 552 g/mol. The number of alkyl halides is 1. The zero-order chi connectivity index (χ0) is 28.1. The number of esters is 1. The Balaban J connectivity index is 1.59. The lowest BCUT2D eigenvalue weighted by molar-refractivity contribution is -0.220. The monoisotopic (exact) mass is 551 g/mol. The van der Waals surface area contributed by atoms with Crippen LogP contribution in [0.5, 0.6) is 0 Å². The number of aliphatic hydroxyl groups excluding tert-OH is 1. The molecule has 8 nitrogen and oxygen atoms in total. The fourth-order valence-electron chi connectivity index (χ4n) is 8.07. The number of carbonyl (C=O) groups is 4. The van der Waals surface area contributed by atoms with Gasteiger partial charge in [0.1, 0.15) is 11.6 Å². The van der Waals surface area contributed by atoms with Crippen LogP contribution in [0.15, 0.2) is 23.8 Å². The molecule has 3 fully saturated rings. The van der Waals surface area contributed by atoms with Gasteiger partial charge < -0.3 is 20.3 Å². The number of hydrogen-bond acceptors (Lipinski definition) is 8. The molecule has 1 amide bonds. The lowest BCUT2D eigenvalue weighted by atomic mass is 9.44. The summed E-state index contributed by atoms with van der Waals surface area (Å²) in [4.78, 5) is 49.0. The van der Waals surface area contributed by atoms with Gasteiger partial charge in [-0.1, -0.05) is 25.5 Å². The van der Waals surface area contributed by atoms with Gasteiger partial charge in [-0.25, -0.2) is 9.18 Å². The summed E-state index contributed by atoms with van der Waals surface area (Å²) in [5, 5.41) is 25.8. The number of allylic oxidation sites excluding steroid dienone is 4. The lowest BCUT2D eigenvalue weighted by Gasteiger charge is -2.62. The molecule has 0 spiro atoms. The number of halogens is 1. The summed E-state index contributed by atoms with van der Waals surface area (Å²) >= 11 is 1.50. The van der Waals surface area contributed by atoms with Crippen LogP contribution in [0, 0.1) is 28.6 Å². The number of Topliss-reactive ketones (excluding diaryl/α,β-unsaturated/α-hetero) is 1. The Morgan fingerprint density at radius 1 is 1.34 bits per heavy atom. The van der Waals surface area contributed by atoms with Crippen LogP contribution in [-0.2, 0) is 23.9 Å². The Hall–Kier alpha value is -2.04. The highest BCUT2D eigenvalue weighted by Crippen LogP contribution is 2.70. The number of fused-ring (bicyclic) bond motifs is 5.